The molecule has 1 aliphatic carbocycles. The van der Waals surface area contributed by atoms with Gasteiger partial charge in [-0.2, -0.15) is 12.8 Å². The molecule has 0 amide bonds. The molecule has 15 heteroatoms. The molecule has 2 N–H and O–H groups in total. The Hall–Kier alpha value is -3.96. The molecular weight excluding hydrogens is 679 g/mol. The zero-order valence-electron chi connectivity index (χ0n) is 26.7. The lowest BCUT2D eigenvalue weighted by Gasteiger charge is -2.23. The van der Waals surface area contributed by atoms with Crippen LogP contribution in [0.5, 0.6) is 0 Å². The Morgan fingerprint density at radius 1 is 0.854 bits per heavy atom. The third-order valence-electron chi connectivity index (χ3n) is 8.03. The standard InChI is InChI=1S/C33H35N3O9S3/c1-5-35(6-2)23-11-16-27-30(19-23)43-31-20-24(36(7-3)8-4)12-17-28(31)33(27)29-18-15-26(21-32(29)46-45-44-37)47(38,39)34-22-9-13-25(14-10-22)48(40,41)42/h9-21,34H,5-8H2,1-4H3,(H-,37,40,41,42). The molecule has 0 atom stereocenters. The van der Waals surface area contributed by atoms with Crippen LogP contribution < -0.4 is 24.8 Å². The molecule has 1 heterocycles. The highest BCUT2D eigenvalue weighted by atomic mass is 32.2. The van der Waals surface area contributed by atoms with E-state index < -0.39 is 20.1 Å². The van der Waals surface area contributed by atoms with Crippen molar-refractivity contribution in [3.63, 3.8) is 0 Å². The van der Waals surface area contributed by atoms with Crippen LogP contribution >= 0.6 is 12.0 Å². The van der Waals surface area contributed by atoms with Crippen molar-refractivity contribution >= 4 is 54.5 Å². The van der Waals surface area contributed by atoms with Crippen LogP contribution in [-0.4, -0.2) is 47.6 Å². The first-order valence-corrected chi connectivity index (χ1v) is 18.8. The zero-order chi connectivity index (χ0) is 34.6. The Balaban J connectivity index is 1.71. The van der Waals surface area contributed by atoms with E-state index in [9.17, 15) is 26.6 Å². The monoisotopic (exact) mass is 713 g/mol. The molecule has 1 aliphatic heterocycles. The molecule has 5 rings (SSSR count). The van der Waals surface area contributed by atoms with E-state index in [2.05, 4.69) is 46.9 Å². The minimum atomic E-state index is -4.45. The molecule has 0 saturated carbocycles. The van der Waals surface area contributed by atoms with Gasteiger partial charge in [-0.1, -0.05) is 6.07 Å². The predicted molar refractivity (Wildman–Crippen MR) is 183 cm³/mol. The lowest BCUT2D eigenvalue weighted by Crippen LogP contribution is -2.29. The van der Waals surface area contributed by atoms with Crippen LogP contribution in [0.25, 0.3) is 33.4 Å². The van der Waals surface area contributed by atoms with Crippen LogP contribution in [0.15, 0.2) is 98.0 Å². The topological polar surface area (TPSA) is 161 Å². The van der Waals surface area contributed by atoms with E-state index in [1.807, 2.05) is 36.4 Å². The van der Waals surface area contributed by atoms with Crippen LogP contribution in [0.3, 0.4) is 0 Å². The van der Waals surface area contributed by atoms with Crippen molar-refractivity contribution in [3.05, 3.63) is 84.2 Å². The van der Waals surface area contributed by atoms with E-state index in [-0.39, 0.29) is 20.4 Å². The van der Waals surface area contributed by atoms with Crippen molar-refractivity contribution < 1.29 is 40.4 Å². The Bertz CT molecular complexity index is 2190. The van der Waals surface area contributed by atoms with E-state index in [1.54, 1.807) is 6.07 Å². The molecule has 3 aromatic rings. The van der Waals surface area contributed by atoms with E-state index in [1.165, 1.54) is 24.3 Å². The van der Waals surface area contributed by atoms with Crippen molar-refractivity contribution in [2.24, 2.45) is 0 Å². The highest BCUT2D eigenvalue weighted by Gasteiger charge is 2.24. The smallest absolute Gasteiger partial charge is 0.294 e. The molecular formula is C33H35N3O9S3. The molecule has 0 fully saturated rings. The van der Waals surface area contributed by atoms with Crippen molar-refractivity contribution in [2.75, 3.05) is 35.8 Å². The number of hydrogen-bond donors (Lipinski definition) is 2. The van der Waals surface area contributed by atoms with Gasteiger partial charge in [0, 0.05) is 58.0 Å². The molecule has 3 aromatic carbocycles. The van der Waals surface area contributed by atoms with Crippen LogP contribution in [-0.2, 0) is 29.5 Å². The first kappa shape index (κ1) is 35.3. The van der Waals surface area contributed by atoms with E-state index in [0.29, 0.717) is 28.9 Å². The average molecular weight is 714 g/mol. The number of hydrogen-bond acceptors (Lipinski definition) is 10. The van der Waals surface area contributed by atoms with Crippen LogP contribution in [0.2, 0.25) is 0 Å². The number of benzene rings is 4. The normalized spacial score (nSPS) is 12.0. The van der Waals surface area contributed by atoms with Crippen molar-refractivity contribution in [3.8, 4) is 22.5 Å². The summed E-state index contributed by atoms with van der Waals surface area (Å²) in [5.41, 5.74) is 3.71. The maximum absolute atomic E-state index is 13.5. The molecule has 12 nitrogen and oxygen atoms in total. The number of sulfonamides is 1. The van der Waals surface area contributed by atoms with Gasteiger partial charge in [-0.3, -0.25) is 14.3 Å². The van der Waals surface area contributed by atoms with Gasteiger partial charge in [-0.25, -0.2) is 13.0 Å². The second kappa shape index (κ2) is 14.7. The number of fused-ring (bicyclic) bond motifs is 2. The van der Waals surface area contributed by atoms with Gasteiger partial charge >= 0.3 is 0 Å². The summed E-state index contributed by atoms with van der Waals surface area (Å²) in [5.74, 6) is 0.613. The van der Waals surface area contributed by atoms with E-state index in [0.717, 1.165) is 65.9 Å². The van der Waals surface area contributed by atoms with Crippen molar-refractivity contribution in [1.29, 1.82) is 0 Å². The lowest BCUT2D eigenvalue weighted by molar-refractivity contribution is -0.777. The lowest BCUT2D eigenvalue weighted by atomic mass is 9.93. The van der Waals surface area contributed by atoms with E-state index >= 15 is 0 Å². The van der Waals surface area contributed by atoms with Gasteiger partial charge in [0.2, 0.25) is 5.36 Å². The molecule has 2 aliphatic rings. The molecule has 0 radical (unpaired) electrons. The Morgan fingerprint density at radius 2 is 1.52 bits per heavy atom. The first-order chi connectivity index (χ1) is 22.9. The molecule has 0 bridgehead atoms. The first-order valence-electron chi connectivity index (χ1n) is 15.2. The molecule has 0 unspecified atom stereocenters. The number of nitrogens with one attached hydrogen (secondary N) is 1. The van der Waals surface area contributed by atoms with E-state index in [4.69, 9.17) is 8.75 Å². The highest BCUT2D eigenvalue weighted by Crippen LogP contribution is 2.45. The Morgan fingerprint density at radius 3 is 2.15 bits per heavy atom. The Kier molecular flexibility index (Phi) is 10.8. The maximum Gasteiger partial charge on any atom is 0.294 e. The SMILES string of the molecule is CCN(CC)c1ccc2c(-c3ccc(S(=O)(=O)Nc4ccc(S(=O)(=O)O)cc4)cc3SOO[O-])c3ccc(=[N+](CC)CC)cc-3oc2c1. The number of nitrogens with zero attached hydrogens (tertiary/aromatic N) is 2. The van der Waals surface area contributed by atoms with Gasteiger partial charge in [0.15, 0.2) is 0 Å². The van der Waals surface area contributed by atoms with Crippen LogP contribution in [0, 0.1) is 0 Å². The van der Waals surface area contributed by atoms with Crippen molar-refractivity contribution in [1.82, 2.24) is 4.58 Å². The summed E-state index contributed by atoms with van der Waals surface area (Å²) in [6.45, 7) is 11.5. The predicted octanol–water partition coefficient (Wildman–Crippen LogP) is 5.14. The molecule has 48 heavy (non-hydrogen) atoms. The second-order valence-corrected chi connectivity index (χ2v) is 14.5. The summed E-state index contributed by atoms with van der Waals surface area (Å²) in [5, 5.41) is 16.3. The zero-order valence-corrected chi connectivity index (χ0v) is 29.1. The quantitative estimate of drug-likeness (QED) is 0.0415. The highest BCUT2D eigenvalue weighted by molar-refractivity contribution is 7.95. The number of rotatable bonds is 13. The second-order valence-electron chi connectivity index (χ2n) is 10.7. The van der Waals surface area contributed by atoms with Gasteiger partial charge in [-0.15, -0.1) is 0 Å². The summed E-state index contributed by atoms with van der Waals surface area (Å²) in [6, 6.07) is 20.9. The minimum Gasteiger partial charge on any atom is -0.691 e. The average Bonchev–Trinajstić information content (AvgIpc) is 3.07. The molecule has 254 valence electrons. The van der Waals surface area contributed by atoms with Crippen molar-refractivity contribution in [2.45, 2.75) is 42.4 Å². The largest absolute Gasteiger partial charge is 0.691 e. The third kappa shape index (κ3) is 7.37. The maximum atomic E-state index is 13.5. The molecule has 0 spiro atoms. The summed E-state index contributed by atoms with van der Waals surface area (Å²) >= 11 is 0.562. The third-order valence-corrected chi connectivity index (χ3v) is 10.9. The molecule has 0 saturated heterocycles. The fourth-order valence-corrected chi connectivity index (χ4v) is 7.81. The summed E-state index contributed by atoms with van der Waals surface area (Å²) in [6.07, 6.45) is 0. The number of anilines is 2. The summed E-state index contributed by atoms with van der Waals surface area (Å²) < 4.78 is 74.8. The van der Waals surface area contributed by atoms with Crippen LogP contribution in [0.1, 0.15) is 27.7 Å². The minimum absolute atomic E-state index is 0.0643. The summed E-state index contributed by atoms with van der Waals surface area (Å²) in [7, 11) is -8.67. The van der Waals surface area contributed by atoms with Gasteiger partial charge in [0.1, 0.15) is 24.4 Å². The van der Waals surface area contributed by atoms with Gasteiger partial charge in [0.25, 0.3) is 20.1 Å². The van der Waals surface area contributed by atoms with Gasteiger partial charge in [0.05, 0.1) is 27.9 Å². The van der Waals surface area contributed by atoms with Gasteiger partial charge in [-0.05, 0) is 87.9 Å². The Labute approximate surface area is 283 Å². The fourth-order valence-electron chi connectivity index (χ4n) is 5.63. The van der Waals surface area contributed by atoms with Gasteiger partial charge < -0.3 is 14.6 Å². The fraction of sp³-hybridized carbons (Fsp3) is 0.242. The molecule has 0 aromatic heterocycles. The summed E-state index contributed by atoms with van der Waals surface area (Å²) in [4.78, 5) is 1.93. The van der Waals surface area contributed by atoms with Crippen LogP contribution in [0.4, 0.5) is 11.4 Å².